The van der Waals surface area contributed by atoms with Crippen LogP contribution in [0.5, 0.6) is 0 Å². The van der Waals surface area contributed by atoms with Gasteiger partial charge in [-0.3, -0.25) is 14.5 Å². The van der Waals surface area contributed by atoms with Crippen molar-refractivity contribution in [3.05, 3.63) is 89.4 Å². The third kappa shape index (κ3) is 4.80. The predicted molar refractivity (Wildman–Crippen MR) is 126 cm³/mol. The summed E-state index contributed by atoms with van der Waals surface area (Å²) in [4.78, 5) is 32.2. The second-order valence-corrected chi connectivity index (χ2v) is 8.69. The van der Waals surface area contributed by atoms with Gasteiger partial charge in [-0.1, -0.05) is 64.1 Å². The van der Waals surface area contributed by atoms with E-state index in [2.05, 4.69) is 26.2 Å². The number of para-hydroxylation sites is 2. The van der Waals surface area contributed by atoms with Gasteiger partial charge >= 0.3 is 0 Å². The molecule has 1 atom stereocenters. The number of hydrogen-bond donors (Lipinski definition) is 1. The van der Waals surface area contributed by atoms with Crippen molar-refractivity contribution in [3.8, 4) is 0 Å². The summed E-state index contributed by atoms with van der Waals surface area (Å²) in [6.07, 6.45) is 0.0930. The molecular weight excluding hydrogens is 462 g/mol. The Morgan fingerprint density at radius 3 is 2.27 bits per heavy atom. The Kier molecular flexibility index (Phi) is 6.30. The van der Waals surface area contributed by atoms with Crippen LogP contribution in [0.2, 0.25) is 0 Å². The minimum absolute atomic E-state index is 0.0930. The van der Waals surface area contributed by atoms with Crippen LogP contribution in [0.25, 0.3) is 0 Å². The highest BCUT2D eigenvalue weighted by Gasteiger charge is 2.36. The molecule has 1 unspecified atom stereocenters. The van der Waals surface area contributed by atoms with E-state index in [0.29, 0.717) is 10.9 Å². The molecule has 1 aliphatic rings. The normalized spacial score (nSPS) is 17.8. The number of amides is 2. The van der Waals surface area contributed by atoms with Crippen molar-refractivity contribution >= 4 is 61.7 Å². The van der Waals surface area contributed by atoms with Crippen molar-refractivity contribution in [2.24, 2.45) is 4.99 Å². The van der Waals surface area contributed by atoms with Crippen LogP contribution in [-0.2, 0) is 9.59 Å². The summed E-state index contributed by atoms with van der Waals surface area (Å²) < 4.78 is 0.929. The van der Waals surface area contributed by atoms with Gasteiger partial charge in [0, 0.05) is 16.6 Å². The van der Waals surface area contributed by atoms with E-state index in [1.165, 1.54) is 11.8 Å². The highest BCUT2D eigenvalue weighted by Crippen LogP contribution is 2.33. The lowest BCUT2D eigenvalue weighted by Gasteiger charge is -2.31. The summed E-state index contributed by atoms with van der Waals surface area (Å²) in [6, 6.07) is 26.1. The van der Waals surface area contributed by atoms with Gasteiger partial charge in [-0.2, -0.15) is 0 Å². The molecule has 1 saturated heterocycles. The van der Waals surface area contributed by atoms with E-state index < -0.39 is 5.25 Å². The summed E-state index contributed by atoms with van der Waals surface area (Å²) in [5.41, 5.74) is 2.14. The summed E-state index contributed by atoms with van der Waals surface area (Å²) in [5.74, 6) is -0.380. The van der Waals surface area contributed by atoms with Crippen LogP contribution in [0, 0.1) is 0 Å². The average Bonchev–Trinajstić information content (AvgIpc) is 2.76. The van der Waals surface area contributed by atoms with E-state index in [0.717, 1.165) is 15.8 Å². The van der Waals surface area contributed by atoms with Gasteiger partial charge in [0.2, 0.25) is 11.8 Å². The number of carbonyl (C=O) groups is 2. The Morgan fingerprint density at radius 1 is 0.967 bits per heavy atom. The topological polar surface area (TPSA) is 61.8 Å². The summed E-state index contributed by atoms with van der Waals surface area (Å²) >= 11 is 4.68. The van der Waals surface area contributed by atoms with E-state index in [1.807, 2.05) is 84.9 Å². The number of nitrogens with zero attached hydrogens (tertiary/aromatic N) is 2. The zero-order valence-corrected chi connectivity index (χ0v) is 18.3. The maximum absolute atomic E-state index is 13.1. The van der Waals surface area contributed by atoms with E-state index in [1.54, 1.807) is 4.90 Å². The molecule has 1 heterocycles. The quantitative estimate of drug-likeness (QED) is 0.528. The average molecular weight is 480 g/mol. The standard InChI is InChI=1S/C23H18BrN3O2S/c24-16-11-13-18(14-12-16)25-22(29)20-15-21(28)27(19-9-5-2-6-10-19)23(30-20)26-17-7-3-1-4-8-17/h1-14,20H,15H2,(H,25,29). The smallest absolute Gasteiger partial charge is 0.238 e. The molecule has 1 fully saturated rings. The van der Waals surface area contributed by atoms with Gasteiger partial charge < -0.3 is 5.32 Å². The van der Waals surface area contributed by atoms with Gasteiger partial charge in [-0.05, 0) is 48.5 Å². The molecule has 0 radical (unpaired) electrons. The van der Waals surface area contributed by atoms with Crippen LogP contribution in [0.15, 0.2) is 94.4 Å². The first-order valence-corrected chi connectivity index (χ1v) is 11.0. The molecule has 30 heavy (non-hydrogen) atoms. The monoisotopic (exact) mass is 479 g/mol. The fraction of sp³-hybridized carbons (Fsp3) is 0.0870. The number of carbonyl (C=O) groups excluding carboxylic acids is 2. The van der Waals surface area contributed by atoms with Crippen molar-refractivity contribution in [3.63, 3.8) is 0 Å². The van der Waals surface area contributed by atoms with E-state index >= 15 is 0 Å². The molecule has 0 spiro atoms. The number of anilines is 2. The lowest BCUT2D eigenvalue weighted by Crippen LogP contribution is -2.45. The number of benzene rings is 3. The maximum atomic E-state index is 13.1. The molecule has 0 aromatic heterocycles. The Hall–Kier alpha value is -2.90. The second-order valence-electron chi connectivity index (χ2n) is 6.60. The first kappa shape index (κ1) is 20.4. The van der Waals surface area contributed by atoms with Crippen molar-refractivity contribution in [1.29, 1.82) is 0 Å². The van der Waals surface area contributed by atoms with Crippen molar-refractivity contribution in [2.45, 2.75) is 11.7 Å². The van der Waals surface area contributed by atoms with Crippen LogP contribution >= 0.6 is 27.7 Å². The third-order valence-electron chi connectivity index (χ3n) is 4.45. The maximum Gasteiger partial charge on any atom is 0.238 e. The van der Waals surface area contributed by atoms with Crippen LogP contribution in [-0.4, -0.2) is 22.2 Å². The lowest BCUT2D eigenvalue weighted by molar-refractivity contribution is -0.121. The molecule has 3 aromatic carbocycles. The molecule has 0 bridgehead atoms. The van der Waals surface area contributed by atoms with Gasteiger partial charge in [0.15, 0.2) is 5.17 Å². The van der Waals surface area contributed by atoms with Gasteiger partial charge in [0.25, 0.3) is 0 Å². The molecule has 1 N–H and O–H groups in total. The number of aliphatic imine (C=N–C) groups is 1. The van der Waals surface area contributed by atoms with E-state index in [9.17, 15) is 9.59 Å². The molecule has 150 valence electrons. The largest absolute Gasteiger partial charge is 0.325 e. The molecule has 0 aliphatic carbocycles. The highest BCUT2D eigenvalue weighted by atomic mass is 79.9. The Morgan fingerprint density at radius 2 is 1.60 bits per heavy atom. The summed E-state index contributed by atoms with van der Waals surface area (Å²) in [5, 5.41) is 2.81. The molecule has 1 aliphatic heterocycles. The molecule has 5 nitrogen and oxygen atoms in total. The van der Waals surface area contributed by atoms with Crippen molar-refractivity contribution in [1.82, 2.24) is 0 Å². The van der Waals surface area contributed by atoms with Crippen molar-refractivity contribution < 1.29 is 9.59 Å². The number of thioether (sulfide) groups is 1. The Balaban J connectivity index is 1.62. The second kappa shape index (κ2) is 9.28. The fourth-order valence-electron chi connectivity index (χ4n) is 3.00. The Bertz CT molecular complexity index is 1070. The van der Waals surface area contributed by atoms with Gasteiger partial charge in [-0.25, -0.2) is 4.99 Å². The molecular formula is C23H18BrN3O2S. The van der Waals surface area contributed by atoms with Crippen LogP contribution in [0.3, 0.4) is 0 Å². The van der Waals surface area contributed by atoms with Gasteiger partial charge in [0.05, 0.1) is 11.4 Å². The molecule has 4 rings (SSSR count). The zero-order chi connectivity index (χ0) is 20.9. The van der Waals surface area contributed by atoms with Crippen LogP contribution in [0.4, 0.5) is 17.1 Å². The molecule has 3 aromatic rings. The van der Waals surface area contributed by atoms with Crippen molar-refractivity contribution in [2.75, 3.05) is 10.2 Å². The van der Waals surface area contributed by atoms with E-state index in [4.69, 9.17) is 0 Å². The first-order chi connectivity index (χ1) is 14.6. The van der Waals surface area contributed by atoms with Crippen LogP contribution in [0.1, 0.15) is 6.42 Å². The van der Waals surface area contributed by atoms with Crippen LogP contribution < -0.4 is 10.2 Å². The van der Waals surface area contributed by atoms with Gasteiger partial charge in [-0.15, -0.1) is 0 Å². The van der Waals surface area contributed by atoms with E-state index in [-0.39, 0.29) is 18.2 Å². The Labute approximate surface area is 187 Å². The predicted octanol–water partition coefficient (Wildman–Crippen LogP) is 5.61. The number of halogens is 1. The number of amidine groups is 1. The SMILES string of the molecule is O=C(Nc1ccc(Br)cc1)C1CC(=O)N(c2ccccc2)C(=Nc2ccccc2)S1. The minimum Gasteiger partial charge on any atom is -0.325 e. The summed E-state index contributed by atoms with van der Waals surface area (Å²) in [6.45, 7) is 0. The highest BCUT2D eigenvalue weighted by molar-refractivity contribution is 9.10. The number of nitrogens with one attached hydrogen (secondary N) is 1. The first-order valence-electron chi connectivity index (χ1n) is 9.35. The molecule has 0 saturated carbocycles. The van der Waals surface area contributed by atoms with Gasteiger partial charge in [0.1, 0.15) is 5.25 Å². The number of hydrogen-bond acceptors (Lipinski definition) is 4. The summed E-state index contributed by atoms with van der Waals surface area (Å²) in [7, 11) is 0. The zero-order valence-electron chi connectivity index (χ0n) is 15.9. The third-order valence-corrected chi connectivity index (χ3v) is 6.13. The fourth-order valence-corrected chi connectivity index (χ4v) is 4.38. The number of rotatable bonds is 4. The lowest BCUT2D eigenvalue weighted by atomic mass is 10.2. The molecule has 7 heteroatoms. The minimum atomic E-state index is -0.566. The molecule has 2 amide bonds.